The van der Waals surface area contributed by atoms with E-state index < -0.39 is 4.92 Å². The number of ketones is 1. The number of carbonyl (C=O) groups excluding carboxylic acids is 1. The molecule has 0 aliphatic rings. The molecule has 0 unspecified atom stereocenters. The van der Waals surface area contributed by atoms with Gasteiger partial charge in [0.2, 0.25) is 0 Å². The second kappa shape index (κ2) is 10.3. The number of hydrogen-bond acceptors (Lipinski definition) is 4. The van der Waals surface area contributed by atoms with Crippen LogP contribution in [-0.4, -0.2) is 23.9 Å². The molecule has 0 N–H and O–H groups in total. The summed E-state index contributed by atoms with van der Waals surface area (Å²) in [6, 6.07) is 14.4. The van der Waals surface area contributed by atoms with Crippen molar-refractivity contribution in [3.63, 3.8) is 0 Å². The molecular formula is C19H15NO4. The van der Waals surface area contributed by atoms with Crippen LogP contribution in [0.3, 0.4) is 0 Å². The lowest BCUT2D eigenvalue weighted by Gasteiger charge is -2.00. The highest BCUT2D eigenvalue weighted by molar-refractivity contribution is 6.09. The molecule has 0 saturated carbocycles. The molecule has 0 aliphatic carbocycles. The maximum absolute atomic E-state index is 12.0. The second-order valence-electron chi connectivity index (χ2n) is 4.40. The molecular weight excluding hydrogens is 306 g/mol. The van der Waals surface area contributed by atoms with Gasteiger partial charge in [-0.2, -0.15) is 0 Å². The highest BCUT2D eigenvalue weighted by Crippen LogP contribution is 2.15. The molecule has 2 aromatic rings. The third-order valence-corrected chi connectivity index (χ3v) is 2.75. The van der Waals surface area contributed by atoms with Gasteiger partial charge in [0.15, 0.2) is 5.78 Å². The van der Waals surface area contributed by atoms with Gasteiger partial charge in [-0.05, 0) is 12.1 Å². The van der Waals surface area contributed by atoms with Crippen molar-refractivity contribution in [1.82, 2.24) is 0 Å². The van der Waals surface area contributed by atoms with Gasteiger partial charge >= 0.3 is 0 Å². The van der Waals surface area contributed by atoms with Crippen molar-refractivity contribution < 1.29 is 14.5 Å². The van der Waals surface area contributed by atoms with Gasteiger partial charge in [0.05, 0.1) is 4.92 Å². The molecule has 0 amide bonds. The van der Waals surface area contributed by atoms with Crippen molar-refractivity contribution in [1.29, 1.82) is 0 Å². The van der Waals surface area contributed by atoms with E-state index in [1.165, 1.54) is 24.3 Å². The molecule has 0 aromatic heterocycles. The lowest BCUT2D eigenvalue weighted by molar-refractivity contribution is -0.384. The fourth-order valence-corrected chi connectivity index (χ4v) is 1.66. The van der Waals surface area contributed by atoms with Crippen molar-refractivity contribution in [2.45, 2.75) is 0 Å². The third kappa shape index (κ3) is 6.15. The smallest absolute Gasteiger partial charge is 0.269 e. The summed E-state index contributed by atoms with van der Waals surface area (Å²) < 4.78 is 4.66. The molecule has 0 aliphatic heterocycles. The Bertz CT molecular complexity index is 739. The first kappa shape index (κ1) is 18.6. The minimum Gasteiger partial charge on any atom is -0.356 e. The van der Waals surface area contributed by atoms with Gasteiger partial charge in [-0.3, -0.25) is 14.9 Å². The topological polar surface area (TPSA) is 69.4 Å². The molecule has 0 saturated heterocycles. The Morgan fingerprint density at radius 1 is 0.958 bits per heavy atom. The highest BCUT2D eigenvalue weighted by atomic mass is 16.6. The number of ether oxygens (including phenoxy) is 1. The molecule has 2 rings (SSSR count). The fraction of sp³-hybridized carbons (Fsp3) is 0.105. The zero-order chi connectivity index (χ0) is 17.8. The number of nitro groups is 1. The summed E-state index contributed by atoms with van der Waals surface area (Å²) in [5.41, 5.74) is 0.998. The van der Waals surface area contributed by atoms with Gasteiger partial charge in [0.1, 0.15) is 13.2 Å². The van der Waals surface area contributed by atoms with Crippen molar-refractivity contribution in [2.75, 3.05) is 13.2 Å². The van der Waals surface area contributed by atoms with Crippen LogP contribution in [-0.2, 0) is 4.74 Å². The van der Waals surface area contributed by atoms with Gasteiger partial charge < -0.3 is 4.74 Å². The number of nitrogens with zero attached hydrogens (tertiary/aromatic N) is 1. The maximum Gasteiger partial charge on any atom is 0.269 e. The lowest BCUT2D eigenvalue weighted by Crippen LogP contribution is -2.00. The van der Waals surface area contributed by atoms with Gasteiger partial charge in [0.25, 0.3) is 5.69 Å². The van der Waals surface area contributed by atoms with Crippen molar-refractivity contribution in [3.8, 4) is 24.7 Å². The first-order valence-electron chi connectivity index (χ1n) is 6.89. The predicted molar refractivity (Wildman–Crippen MR) is 91.5 cm³/mol. The standard InChI is InChI=1S/C13H9NO3.C6H6O/c15-13(10-4-2-1-3-5-10)11-6-8-12(9-7-11)14(16)17;1-3-5-7-6-4-2/h1-9H;1-2H,5-6H2. The van der Waals surface area contributed by atoms with E-state index in [0.29, 0.717) is 24.3 Å². The predicted octanol–water partition coefficient (Wildman–Crippen LogP) is 3.10. The molecule has 0 fully saturated rings. The van der Waals surface area contributed by atoms with E-state index in [4.69, 9.17) is 12.8 Å². The molecule has 0 atom stereocenters. The molecule has 2 aromatic carbocycles. The van der Waals surface area contributed by atoms with Crippen LogP contribution in [0.2, 0.25) is 0 Å². The largest absolute Gasteiger partial charge is 0.356 e. The molecule has 24 heavy (non-hydrogen) atoms. The molecule has 0 radical (unpaired) electrons. The number of terminal acetylenes is 2. The Hall–Kier alpha value is -3.41. The molecule has 0 heterocycles. The van der Waals surface area contributed by atoms with E-state index >= 15 is 0 Å². The van der Waals surface area contributed by atoms with Crippen molar-refractivity contribution in [3.05, 3.63) is 75.8 Å². The summed E-state index contributed by atoms with van der Waals surface area (Å²) in [6.07, 6.45) is 9.65. The molecule has 5 heteroatoms. The normalized spacial score (nSPS) is 8.92. The van der Waals surface area contributed by atoms with Gasteiger partial charge in [-0.15, -0.1) is 12.8 Å². The minimum absolute atomic E-state index is 0.0189. The van der Waals surface area contributed by atoms with E-state index in [2.05, 4.69) is 16.6 Å². The van der Waals surface area contributed by atoms with Crippen LogP contribution in [0.1, 0.15) is 15.9 Å². The Balaban J connectivity index is 0.000000351. The van der Waals surface area contributed by atoms with E-state index in [-0.39, 0.29) is 11.5 Å². The summed E-state index contributed by atoms with van der Waals surface area (Å²) >= 11 is 0. The second-order valence-corrected chi connectivity index (χ2v) is 4.40. The summed E-state index contributed by atoms with van der Waals surface area (Å²) in [5.74, 6) is 4.43. The Labute approximate surface area is 140 Å². The quantitative estimate of drug-likeness (QED) is 0.279. The molecule has 120 valence electrons. The number of benzene rings is 2. The zero-order valence-corrected chi connectivity index (χ0v) is 12.8. The number of rotatable bonds is 5. The minimum atomic E-state index is -0.489. The third-order valence-electron chi connectivity index (χ3n) is 2.75. The van der Waals surface area contributed by atoms with Crippen LogP contribution in [0, 0.1) is 34.8 Å². The summed E-state index contributed by atoms with van der Waals surface area (Å²) in [4.78, 5) is 21.9. The molecule has 0 bridgehead atoms. The highest BCUT2D eigenvalue weighted by Gasteiger charge is 2.10. The van der Waals surface area contributed by atoms with Gasteiger partial charge in [-0.25, -0.2) is 0 Å². The average Bonchev–Trinajstić information content (AvgIpc) is 2.63. The summed E-state index contributed by atoms with van der Waals surface area (Å²) in [7, 11) is 0. The molecule has 5 nitrogen and oxygen atoms in total. The van der Waals surface area contributed by atoms with E-state index in [1.54, 1.807) is 24.3 Å². The van der Waals surface area contributed by atoms with Crippen LogP contribution in [0.25, 0.3) is 0 Å². The zero-order valence-electron chi connectivity index (χ0n) is 12.8. The van der Waals surface area contributed by atoms with E-state index in [0.717, 1.165) is 0 Å². The van der Waals surface area contributed by atoms with Crippen LogP contribution >= 0.6 is 0 Å². The SMILES string of the molecule is C#CCOCC#C.O=C(c1ccccc1)c1ccc([N+](=O)[O-])cc1. The Morgan fingerprint density at radius 3 is 1.92 bits per heavy atom. The summed E-state index contributed by atoms with van der Waals surface area (Å²) in [5, 5.41) is 10.5. The van der Waals surface area contributed by atoms with Gasteiger partial charge in [0, 0.05) is 23.3 Å². The van der Waals surface area contributed by atoms with E-state index in [9.17, 15) is 14.9 Å². The van der Waals surface area contributed by atoms with Crippen LogP contribution in [0.5, 0.6) is 0 Å². The number of hydrogen-bond donors (Lipinski definition) is 0. The monoisotopic (exact) mass is 321 g/mol. The fourth-order valence-electron chi connectivity index (χ4n) is 1.66. The number of nitro benzene ring substituents is 1. The Kier molecular flexibility index (Phi) is 8.03. The van der Waals surface area contributed by atoms with Gasteiger partial charge in [-0.1, -0.05) is 42.2 Å². The number of carbonyl (C=O) groups is 1. The van der Waals surface area contributed by atoms with Crippen molar-refractivity contribution >= 4 is 11.5 Å². The van der Waals surface area contributed by atoms with Crippen LogP contribution in [0.4, 0.5) is 5.69 Å². The lowest BCUT2D eigenvalue weighted by atomic mass is 10.0. The van der Waals surface area contributed by atoms with Crippen LogP contribution in [0.15, 0.2) is 54.6 Å². The number of non-ortho nitro benzene ring substituents is 1. The first-order chi connectivity index (χ1) is 11.6. The average molecular weight is 321 g/mol. The summed E-state index contributed by atoms with van der Waals surface area (Å²) in [6.45, 7) is 0.619. The van der Waals surface area contributed by atoms with E-state index in [1.807, 2.05) is 6.07 Å². The first-order valence-corrected chi connectivity index (χ1v) is 6.89. The maximum atomic E-state index is 12.0. The Morgan fingerprint density at radius 2 is 1.46 bits per heavy atom. The van der Waals surface area contributed by atoms with Crippen LogP contribution < -0.4 is 0 Å². The molecule has 0 spiro atoms. The van der Waals surface area contributed by atoms with Crippen molar-refractivity contribution in [2.24, 2.45) is 0 Å².